The number of carboxylic acid groups (broad SMARTS) is 1. The average molecular weight is 392 g/mol. The molecule has 2 heterocycles. The van der Waals surface area contributed by atoms with E-state index in [9.17, 15) is 29.4 Å². The van der Waals surface area contributed by atoms with Crippen LogP contribution >= 0.6 is 0 Å². The molecule has 0 unspecified atom stereocenters. The first-order valence-electron chi connectivity index (χ1n) is 8.10. The molecule has 1 fully saturated rings. The van der Waals surface area contributed by atoms with Crippen molar-refractivity contribution < 1.29 is 34.4 Å². The number of Topliss-reactive ketones (excluding diaryl/α,β-unsaturated/α-hetero) is 1. The normalized spacial score (nSPS) is 24.1. The molecule has 11 heteroatoms. The fourth-order valence-corrected chi connectivity index (χ4v) is 2.74. The number of aliphatic hydroxyl groups excluding tert-OH is 2. The summed E-state index contributed by atoms with van der Waals surface area (Å²) in [6, 6.07) is 8.38. The third kappa shape index (κ3) is 3.71. The van der Waals surface area contributed by atoms with Gasteiger partial charge in [0, 0.05) is 6.20 Å². The highest BCUT2D eigenvalue weighted by Crippen LogP contribution is 2.29. The third-order valence-corrected chi connectivity index (χ3v) is 4.15. The van der Waals surface area contributed by atoms with Crippen LogP contribution in [0.25, 0.3) is 0 Å². The first kappa shape index (κ1) is 19.5. The molecule has 0 aliphatic carbocycles. The van der Waals surface area contributed by atoms with Gasteiger partial charge < -0.3 is 24.8 Å². The van der Waals surface area contributed by atoms with Crippen molar-refractivity contribution in [3.05, 3.63) is 62.9 Å². The number of hydrogen-bond acceptors (Lipinski definition) is 8. The van der Waals surface area contributed by atoms with E-state index in [4.69, 9.17) is 14.6 Å². The SMILES string of the molecule is O=C(O)c1cn([C@@H]2O[C@H](C(=O)COc3ccccc3)[C@@H](O)[C@H]2O)c(=O)[nH]c1=O. The van der Waals surface area contributed by atoms with Gasteiger partial charge >= 0.3 is 11.7 Å². The molecule has 0 amide bonds. The Morgan fingerprint density at radius 3 is 2.46 bits per heavy atom. The number of aromatic nitrogens is 2. The van der Waals surface area contributed by atoms with Crippen molar-refractivity contribution in [3.8, 4) is 5.75 Å². The molecule has 0 radical (unpaired) electrons. The van der Waals surface area contributed by atoms with E-state index >= 15 is 0 Å². The van der Waals surface area contributed by atoms with Crippen LogP contribution in [0.1, 0.15) is 16.6 Å². The molecular formula is C17H16N2O9. The molecule has 1 aromatic heterocycles. The van der Waals surface area contributed by atoms with Gasteiger partial charge in [-0.1, -0.05) is 18.2 Å². The number of hydrogen-bond donors (Lipinski definition) is 4. The Morgan fingerprint density at radius 2 is 1.82 bits per heavy atom. The zero-order valence-corrected chi connectivity index (χ0v) is 14.2. The van der Waals surface area contributed by atoms with Gasteiger partial charge in [-0.2, -0.15) is 0 Å². The second-order valence-corrected chi connectivity index (χ2v) is 6.01. The number of benzene rings is 1. The van der Waals surface area contributed by atoms with Crippen LogP contribution in [0.5, 0.6) is 5.75 Å². The highest BCUT2D eigenvalue weighted by atomic mass is 16.6. The minimum Gasteiger partial charge on any atom is -0.486 e. The monoisotopic (exact) mass is 392 g/mol. The lowest BCUT2D eigenvalue weighted by Gasteiger charge is -2.17. The van der Waals surface area contributed by atoms with Crippen molar-refractivity contribution in [1.82, 2.24) is 9.55 Å². The maximum Gasteiger partial charge on any atom is 0.342 e. The van der Waals surface area contributed by atoms with E-state index in [1.165, 1.54) is 0 Å². The van der Waals surface area contributed by atoms with E-state index in [0.29, 0.717) is 16.5 Å². The van der Waals surface area contributed by atoms with Crippen LogP contribution in [0.4, 0.5) is 0 Å². The van der Waals surface area contributed by atoms with Gasteiger partial charge in [0.25, 0.3) is 5.56 Å². The van der Waals surface area contributed by atoms with Crippen molar-refractivity contribution in [3.63, 3.8) is 0 Å². The summed E-state index contributed by atoms with van der Waals surface area (Å²) in [6.07, 6.45) is -5.84. The van der Waals surface area contributed by atoms with Crippen molar-refractivity contribution >= 4 is 11.8 Å². The van der Waals surface area contributed by atoms with Gasteiger partial charge in [-0.05, 0) is 12.1 Å². The summed E-state index contributed by atoms with van der Waals surface area (Å²) in [5.41, 5.74) is -2.97. The molecular weight excluding hydrogens is 376 g/mol. The van der Waals surface area contributed by atoms with Crippen LogP contribution in [0, 0.1) is 0 Å². The predicted molar refractivity (Wildman–Crippen MR) is 91.1 cm³/mol. The summed E-state index contributed by atoms with van der Waals surface area (Å²) in [7, 11) is 0. The standard InChI is InChI=1S/C17H16N2O9/c20-10(7-27-8-4-2-1-3-5-8)13-11(21)12(22)15(28-13)19-6-9(16(24)25)14(23)18-17(19)26/h1-6,11-13,15,21-22H,7H2,(H,24,25)(H,18,23,26)/t11-,12+,13+,15+/m0/s1. The number of para-hydroxylation sites is 1. The van der Waals surface area contributed by atoms with Gasteiger partial charge in [-0.15, -0.1) is 0 Å². The van der Waals surface area contributed by atoms with Crippen LogP contribution in [0.15, 0.2) is 46.1 Å². The summed E-state index contributed by atoms with van der Waals surface area (Å²) < 4.78 is 11.2. The van der Waals surface area contributed by atoms with E-state index in [1.807, 2.05) is 0 Å². The molecule has 4 atom stereocenters. The molecule has 148 valence electrons. The Morgan fingerprint density at radius 1 is 1.14 bits per heavy atom. The fraction of sp³-hybridized carbons (Fsp3) is 0.294. The number of nitrogens with one attached hydrogen (secondary N) is 1. The molecule has 1 aliphatic heterocycles. The second-order valence-electron chi connectivity index (χ2n) is 6.01. The van der Waals surface area contributed by atoms with E-state index in [2.05, 4.69) is 0 Å². The number of ether oxygens (including phenoxy) is 2. The highest BCUT2D eigenvalue weighted by Gasteiger charge is 2.47. The molecule has 28 heavy (non-hydrogen) atoms. The topological polar surface area (TPSA) is 168 Å². The Labute approximate surface area is 156 Å². The lowest BCUT2D eigenvalue weighted by atomic mass is 10.1. The zero-order chi connectivity index (χ0) is 20.4. The molecule has 1 aliphatic rings. The summed E-state index contributed by atoms with van der Waals surface area (Å²) >= 11 is 0. The Kier molecular flexibility index (Phi) is 5.40. The first-order valence-corrected chi connectivity index (χ1v) is 8.10. The third-order valence-electron chi connectivity index (χ3n) is 4.15. The van der Waals surface area contributed by atoms with E-state index in [-0.39, 0.29) is 0 Å². The van der Waals surface area contributed by atoms with Crippen LogP contribution in [0.2, 0.25) is 0 Å². The molecule has 3 rings (SSSR count). The zero-order valence-electron chi connectivity index (χ0n) is 14.2. The molecule has 1 aromatic carbocycles. The number of aromatic carboxylic acids is 1. The van der Waals surface area contributed by atoms with E-state index < -0.39 is 59.7 Å². The number of carbonyl (C=O) groups excluding carboxylic acids is 1. The predicted octanol–water partition coefficient (Wildman–Crippen LogP) is -1.50. The average Bonchev–Trinajstić information content (AvgIpc) is 2.96. The number of carbonyl (C=O) groups is 2. The quantitative estimate of drug-likeness (QED) is 0.457. The van der Waals surface area contributed by atoms with Crippen LogP contribution in [-0.2, 0) is 9.53 Å². The minimum absolute atomic E-state index is 0.406. The van der Waals surface area contributed by atoms with Crippen molar-refractivity contribution in [2.75, 3.05) is 6.61 Å². The Balaban J connectivity index is 1.80. The van der Waals surface area contributed by atoms with Gasteiger partial charge in [0.2, 0.25) is 5.78 Å². The Hall–Kier alpha value is -3.28. The smallest absolute Gasteiger partial charge is 0.342 e. The number of carboxylic acids is 1. The van der Waals surface area contributed by atoms with Crippen molar-refractivity contribution in [1.29, 1.82) is 0 Å². The lowest BCUT2D eigenvalue weighted by molar-refractivity contribution is -0.137. The minimum atomic E-state index is -1.73. The van der Waals surface area contributed by atoms with Crippen LogP contribution < -0.4 is 16.0 Å². The fourth-order valence-electron chi connectivity index (χ4n) is 2.74. The number of ketones is 1. The molecule has 11 nitrogen and oxygen atoms in total. The number of nitrogens with zero attached hydrogens (tertiary/aromatic N) is 1. The Bertz CT molecular complexity index is 998. The maximum absolute atomic E-state index is 12.3. The summed E-state index contributed by atoms with van der Waals surface area (Å²) in [5, 5.41) is 29.3. The van der Waals surface area contributed by atoms with Gasteiger partial charge in [0.05, 0.1) is 0 Å². The van der Waals surface area contributed by atoms with Gasteiger partial charge in [-0.3, -0.25) is 19.1 Å². The molecule has 1 saturated heterocycles. The molecule has 0 saturated carbocycles. The first-order chi connectivity index (χ1) is 13.3. The maximum atomic E-state index is 12.3. The highest BCUT2D eigenvalue weighted by molar-refractivity contribution is 5.86. The van der Waals surface area contributed by atoms with E-state index in [0.717, 1.165) is 0 Å². The summed E-state index contributed by atoms with van der Waals surface area (Å²) in [4.78, 5) is 48.7. The number of H-pyrrole nitrogens is 1. The largest absolute Gasteiger partial charge is 0.486 e. The van der Waals surface area contributed by atoms with Crippen LogP contribution in [0.3, 0.4) is 0 Å². The molecule has 2 aromatic rings. The second kappa shape index (κ2) is 7.76. The van der Waals surface area contributed by atoms with E-state index in [1.54, 1.807) is 35.3 Å². The lowest BCUT2D eigenvalue weighted by Crippen LogP contribution is -2.40. The van der Waals surface area contributed by atoms with Gasteiger partial charge in [0.1, 0.15) is 30.1 Å². The van der Waals surface area contributed by atoms with Gasteiger partial charge in [0.15, 0.2) is 12.3 Å². The molecule has 0 spiro atoms. The number of aliphatic hydroxyl groups is 2. The number of aromatic amines is 1. The number of rotatable bonds is 6. The van der Waals surface area contributed by atoms with Gasteiger partial charge in [-0.25, -0.2) is 9.59 Å². The summed E-state index contributed by atoms with van der Waals surface area (Å²) in [5.74, 6) is -1.90. The van der Waals surface area contributed by atoms with Crippen molar-refractivity contribution in [2.45, 2.75) is 24.5 Å². The molecule has 0 bridgehead atoms. The molecule has 4 N–H and O–H groups in total. The summed E-state index contributed by atoms with van der Waals surface area (Å²) in [6.45, 7) is -0.466. The van der Waals surface area contributed by atoms with Crippen molar-refractivity contribution in [2.24, 2.45) is 0 Å². The van der Waals surface area contributed by atoms with Crippen LogP contribution in [-0.4, -0.2) is 61.5 Å².